The van der Waals surface area contributed by atoms with E-state index in [1.165, 1.54) is 25.2 Å². The van der Waals surface area contributed by atoms with Gasteiger partial charge in [-0.1, -0.05) is 0 Å². The molecule has 3 rings (SSSR count). The van der Waals surface area contributed by atoms with Crippen molar-refractivity contribution in [3.63, 3.8) is 0 Å². The molecule has 0 radical (unpaired) electrons. The summed E-state index contributed by atoms with van der Waals surface area (Å²) in [6.45, 7) is 0. The average Bonchev–Trinajstić information content (AvgIpc) is 3.17. The predicted octanol–water partition coefficient (Wildman–Crippen LogP) is 3.69. The van der Waals surface area contributed by atoms with Gasteiger partial charge in [0.05, 0.1) is 0 Å². The monoisotopic (exact) mass is 435 g/mol. The van der Waals surface area contributed by atoms with Crippen LogP contribution in [-0.2, 0) is 13.2 Å². The van der Waals surface area contributed by atoms with Crippen LogP contribution in [0.5, 0.6) is 0 Å². The minimum atomic E-state index is -4.57. The molecule has 0 spiro atoms. The van der Waals surface area contributed by atoms with Gasteiger partial charge in [-0.3, -0.25) is 0 Å². The first kappa shape index (κ1) is 18.3. The first-order chi connectivity index (χ1) is 12.2. The Morgan fingerprint density at radius 1 is 1.15 bits per heavy atom. The van der Waals surface area contributed by atoms with E-state index in [1.807, 2.05) is 0 Å². The Labute approximate surface area is 150 Å². The number of hydrogen-bond donors (Lipinski definition) is 1. The van der Waals surface area contributed by atoms with E-state index in [1.54, 1.807) is 0 Å². The number of nitrogens with zero attached hydrogens (tertiary/aromatic N) is 2. The summed E-state index contributed by atoms with van der Waals surface area (Å²) in [4.78, 5) is 12.2. The molecular formula is C16H10F5N3OSe. The summed E-state index contributed by atoms with van der Waals surface area (Å²) in [5.41, 5.74) is -1.37. The summed E-state index contributed by atoms with van der Waals surface area (Å²) in [5.74, 6) is -2.54. The maximum atomic E-state index is 13.6. The molecular weight excluding hydrogens is 424 g/mol. The second-order valence-electron chi connectivity index (χ2n) is 5.25. The Hall–Kier alpha value is -2.45. The van der Waals surface area contributed by atoms with Crippen molar-refractivity contribution in [2.45, 2.75) is 6.18 Å². The number of para-hydroxylation sites is 1. The van der Waals surface area contributed by atoms with Crippen molar-refractivity contribution >= 4 is 26.1 Å². The quantitative estimate of drug-likeness (QED) is 0.505. The second kappa shape index (κ2) is 6.69. The molecule has 0 aliphatic heterocycles. The number of alkyl halides is 3. The van der Waals surface area contributed by atoms with E-state index >= 15 is 0 Å². The summed E-state index contributed by atoms with van der Waals surface area (Å²) >= 11 is -0.636. The standard InChI is InChI=1S/C16H10F5N3OSe/c1-24-10(7-13(23-24)16(19,20)21)11-5-6-12(26-11)15(25)22-14-8(17)3-2-4-9(14)18/h2-7H,1H3,(H,22,25). The van der Waals surface area contributed by atoms with Crippen molar-refractivity contribution in [2.75, 3.05) is 5.32 Å². The molecule has 1 amide bonds. The molecule has 1 aromatic carbocycles. The number of amides is 1. The number of halogens is 5. The summed E-state index contributed by atoms with van der Waals surface area (Å²) in [7, 11) is 1.37. The van der Waals surface area contributed by atoms with Crippen molar-refractivity contribution in [1.82, 2.24) is 9.78 Å². The Morgan fingerprint density at radius 3 is 2.38 bits per heavy atom. The number of aryl methyl sites for hydroxylation is 1. The van der Waals surface area contributed by atoms with Crippen molar-refractivity contribution in [1.29, 1.82) is 0 Å². The topological polar surface area (TPSA) is 46.9 Å². The maximum absolute atomic E-state index is 13.6. The zero-order valence-electron chi connectivity index (χ0n) is 13.1. The van der Waals surface area contributed by atoms with Gasteiger partial charge in [0.25, 0.3) is 0 Å². The van der Waals surface area contributed by atoms with Crippen LogP contribution in [-0.4, -0.2) is 30.2 Å². The number of hydrogen-bond acceptors (Lipinski definition) is 2. The van der Waals surface area contributed by atoms with Gasteiger partial charge in [0.2, 0.25) is 0 Å². The molecule has 0 bridgehead atoms. The second-order valence-corrected chi connectivity index (χ2v) is 7.52. The van der Waals surface area contributed by atoms with Crippen LogP contribution in [0.4, 0.5) is 27.6 Å². The molecule has 2 heterocycles. The van der Waals surface area contributed by atoms with Gasteiger partial charge in [-0.05, 0) is 0 Å². The van der Waals surface area contributed by atoms with Gasteiger partial charge in [0.1, 0.15) is 0 Å². The van der Waals surface area contributed by atoms with Crippen LogP contribution in [0.2, 0.25) is 0 Å². The fourth-order valence-electron chi connectivity index (χ4n) is 2.23. The fraction of sp³-hybridized carbons (Fsp3) is 0.125. The molecule has 2 aromatic heterocycles. The summed E-state index contributed by atoms with van der Waals surface area (Å²) in [5, 5.41) is 5.58. The van der Waals surface area contributed by atoms with E-state index < -0.39 is 49.6 Å². The van der Waals surface area contributed by atoms with Crippen molar-refractivity contribution in [3.05, 3.63) is 58.2 Å². The summed E-state index contributed by atoms with van der Waals surface area (Å²) in [6.07, 6.45) is -4.57. The molecule has 1 N–H and O–H groups in total. The van der Waals surface area contributed by atoms with Crippen LogP contribution in [0.1, 0.15) is 14.9 Å². The van der Waals surface area contributed by atoms with Gasteiger partial charge in [0, 0.05) is 0 Å². The average molecular weight is 434 g/mol. The van der Waals surface area contributed by atoms with E-state index in [9.17, 15) is 26.7 Å². The number of carbonyl (C=O) groups is 1. The first-order valence-corrected chi connectivity index (χ1v) is 8.85. The van der Waals surface area contributed by atoms with E-state index in [2.05, 4.69) is 10.4 Å². The van der Waals surface area contributed by atoms with E-state index in [-0.39, 0.29) is 10.1 Å². The Kier molecular flexibility index (Phi) is 4.72. The third kappa shape index (κ3) is 3.56. The third-order valence-corrected chi connectivity index (χ3v) is 5.78. The SMILES string of the molecule is Cn1nc(C(F)(F)F)cc1-c1ccc(C(=O)Nc2c(F)cccc2F)[se]1. The van der Waals surface area contributed by atoms with Gasteiger partial charge >= 0.3 is 149 Å². The van der Waals surface area contributed by atoms with Gasteiger partial charge in [0.15, 0.2) is 0 Å². The van der Waals surface area contributed by atoms with Crippen LogP contribution in [0.3, 0.4) is 0 Å². The number of benzene rings is 1. The van der Waals surface area contributed by atoms with E-state index in [0.29, 0.717) is 4.44 Å². The molecule has 3 aromatic rings. The molecule has 26 heavy (non-hydrogen) atoms. The Bertz CT molecular complexity index is 956. The molecule has 0 saturated heterocycles. The zero-order chi connectivity index (χ0) is 19.1. The van der Waals surface area contributed by atoms with Crippen molar-refractivity contribution in [3.8, 4) is 10.1 Å². The Morgan fingerprint density at radius 2 is 1.81 bits per heavy atom. The number of anilines is 1. The number of carbonyl (C=O) groups excluding carboxylic acids is 1. The molecule has 0 aliphatic carbocycles. The molecule has 0 saturated carbocycles. The molecule has 0 unspecified atom stereocenters. The fourth-order valence-corrected chi connectivity index (χ4v) is 4.22. The number of aromatic nitrogens is 2. The predicted molar refractivity (Wildman–Crippen MR) is 84.9 cm³/mol. The van der Waals surface area contributed by atoms with Crippen LogP contribution in [0.25, 0.3) is 10.1 Å². The molecule has 0 fully saturated rings. The van der Waals surface area contributed by atoms with Gasteiger partial charge in [-0.15, -0.1) is 0 Å². The molecule has 0 aliphatic rings. The molecule has 136 valence electrons. The van der Waals surface area contributed by atoms with E-state index in [4.69, 9.17) is 0 Å². The van der Waals surface area contributed by atoms with E-state index in [0.717, 1.165) is 22.9 Å². The van der Waals surface area contributed by atoms with Crippen LogP contribution in [0.15, 0.2) is 36.4 Å². The van der Waals surface area contributed by atoms with Crippen molar-refractivity contribution < 1.29 is 26.7 Å². The summed E-state index contributed by atoms with van der Waals surface area (Å²) < 4.78 is 67.3. The Balaban J connectivity index is 1.86. The van der Waals surface area contributed by atoms with Crippen LogP contribution < -0.4 is 5.32 Å². The normalized spacial score (nSPS) is 11.6. The van der Waals surface area contributed by atoms with Crippen molar-refractivity contribution in [2.24, 2.45) is 7.05 Å². The zero-order valence-corrected chi connectivity index (χ0v) is 14.8. The number of rotatable bonds is 3. The number of nitrogens with one attached hydrogen (secondary N) is 1. The van der Waals surface area contributed by atoms with Gasteiger partial charge in [-0.2, -0.15) is 0 Å². The first-order valence-electron chi connectivity index (χ1n) is 7.13. The van der Waals surface area contributed by atoms with Crippen LogP contribution in [0, 0.1) is 11.6 Å². The molecule has 10 heteroatoms. The minimum absolute atomic E-state index is 0.227. The van der Waals surface area contributed by atoms with Gasteiger partial charge < -0.3 is 0 Å². The van der Waals surface area contributed by atoms with Crippen LogP contribution >= 0.6 is 0 Å². The van der Waals surface area contributed by atoms with Gasteiger partial charge in [-0.25, -0.2) is 0 Å². The molecule has 0 atom stereocenters. The summed E-state index contributed by atoms with van der Waals surface area (Å²) in [6, 6.07) is 7.00. The molecule has 4 nitrogen and oxygen atoms in total. The third-order valence-electron chi connectivity index (χ3n) is 3.45.